The molecular weight excluding hydrogens is 280 g/mol. The van der Waals surface area contributed by atoms with E-state index in [1.165, 1.54) is 5.56 Å². The molecule has 1 N–H and O–H groups in total. The molecule has 1 atom stereocenters. The zero-order valence-electron chi connectivity index (χ0n) is 13.9. The lowest BCUT2D eigenvalue weighted by Gasteiger charge is -2.37. The molecular formula is C17H26N2O3. The minimum Gasteiger partial charge on any atom is -0.497 e. The van der Waals surface area contributed by atoms with Crippen molar-refractivity contribution in [2.45, 2.75) is 38.8 Å². The van der Waals surface area contributed by atoms with Crippen molar-refractivity contribution in [3.05, 3.63) is 29.8 Å². The largest absolute Gasteiger partial charge is 0.497 e. The summed E-state index contributed by atoms with van der Waals surface area (Å²) in [7, 11) is 1.66. The van der Waals surface area contributed by atoms with Crippen molar-refractivity contribution in [3.63, 3.8) is 0 Å². The Bertz CT molecular complexity index is 494. The SMILES string of the molecule is COc1ccc(C[C@@H]2CNCCN2C(=O)OC(C)(C)C)cc1. The fourth-order valence-electron chi connectivity index (χ4n) is 2.54. The van der Waals surface area contributed by atoms with Gasteiger partial charge in [-0.05, 0) is 44.9 Å². The maximum Gasteiger partial charge on any atom is 0.410 e. The van der Waals surface area contributed by atoms with Crippen molar-refractivity contribution in [3.8, 4) is 5.75 Å². The molecule has 1 fully saturated rings. The molecule has 1 aromatic rings. The van der Waals surface area contributed by atoms with E-state index in [1.54, 1.807) is 7.11 Å². The van der Waals surface area contributed by atoms with E-state index in [-0.39, 0.29) is 12.1 Å². The average molecular weight is 306 g/mol. The van der Waals surface area contributed by atoms with Crippen LogP contribution in [0.2, 0.25) is 0 Å². The number of ether oxygens (including phenoxy) is 2. The Morgan fingerprint density at radius 2 is 2.00 bits per heavy atom. The second-order valence-electron chi connectivity index (χ2n) is 6.58. The predicted molar refractivity (Wildman–Crippen MR) is 86.3 cm³/mol. The van der Waals surface area contributed by atoms with E-state index in [1.807, 2.05) is 49.9 Å². The highest BCUT2D eigenvalue weighted by molar-refractivity contribution is 5.68. The summed E-state index contributed by atoms with van der Waals surface area (Å²) in [5, 5.41) is 3.35. The summed E-state index contributed by atoms with van der Waals surface area (Å²) in [6.07, 6.45) is 0.573. The number of nitrogens with zero attached hydrogens (tertiary/aromatic N) is 1. The fourth-order valence-corrected chi connectivity index (χ4v) is 2.54. The van der Waals surface area contributed by atoms with Crippen molar-refractivity contribution in [1.82, 2.24) is 10.2 Å². The molecule has 1 heterocycles. The van der Waals surface area contributed by atoms with E-state index < -0.39 is 5.60 Å². The Morgan fingerprint density at radius 3 is 2.59 bits per heavy atom. The van der Waals surface area contributed by atoms with Crippen molar-refractivity contribution in [2.75, 3.05) is 26.7 Å². The summed E-state index contributed by atoms with van der Waals surface area (Å²) in [5.74, 6) is 0.842. The second-order valence-corrected chi connectivity index (χ2v) is 6.58. The van der Waals surface area contributed by atoms with Gasteiger partial charge in [0.1, 0.15) is 11.4 Å². The Morgan fingerprint density at radius 1 is 1.32 bits per heavy atom. The number of piperazine rings is 1. The first-order valence-electron chi connectivity index (χ1n) is 7.72. The Labute approximate surface area is 132 Å². The molecule has 5 heteroatoms. The molecule has 0 saturated carbocycles. The van der Waals surface area contributed by atoms with Crippen molar-refractivity contribution >= 4 is 6.09 Å². The molecule has 122 valence electrons. The molecule has 0 unspecified atom stereocenters. The molecule has 1 amide bonds. The van der Waals surface area contributed by atoms with E-state index in [2.05, 4.69) is 5.32 Å². The van der Waals surface area contributed by atoms with E-state index in [0.717, 1.165) is 25.3 Å². The molecule has 0 spiro atoms. The topological polar surface area (TPSA) is 50.8 Å². The van der Waals surface area contributed by atoms with Crippen LogP contribution in [-0.4, -0.2) is 49.4 Å². The molecule has 1 aromatic carbocycles. The van der Waals surface area contributed by atoms with Crippen molar-refractivity contribution in [2.24, 2.45) is 0 Å². The number of rotatable bonds is 3. The monoisotopic (exact) mass is 306 g/mol. The summed E-state index contributed by atoms with van der Waals surface area (Å²) < 4.78 is 10.7. The van der Waals surface area contributed by atoms with Crippen LogP contribution in [0.5, 0.6) is 5.75 Å². The molecule has 22 heavy (non-hydrogen) atoms. The van der Waals surface area contributed by atoms with Gasteiger partial charge in [0.05, 0.1) is 13.2 Å². The maximum absolute atomic E-state index is 12.4. The van der Waals surface area contributed by atoms with Crippen LogP contribution in [-0.2, 0) is 11.2 Å². The van der Waals surface area contributed by atoms with Gasteiger partial charge in [0.25, 0.3) is 0 Å². The van der Waals surface area contributed by atoms with Gasteiger partial charge in [0, 0.05) is 19.6 Å². The van der Waals surface area contributed by atoms with Gasteiger partial charge < -0.3 is 19.7 Å². The Kier molecular flexibility index (Phi) is 5.29. The third-order valence-corrected chi connectivity index (χ3v) is 3.61. The number of methoxy groups -OCH3 is 1. The number of benzene rings is 1. The van der Waals surface area contributed by atoms with E-state index >= 15 is 0 Å². The van der Waals surface area contributed by atoms with Crippen LogP contribution in [0.15, 0.2) is 24.3 Å². The Balaban J connectivity index is 2.04. The van der Waals surface area contributed by atoms with E-state index in [4.69, 9.17) is 9.47 Å². The number of hydrogen-bond acceptors (Lipinski definition) is 4. The van der Waals surface area contributed by atoms with Crippen LogP contribution in [0.4, 0.5) is 4.79 Å². The maximum atomic E-state index is 12.4. The highest BCUT2D eigenvalue weighted by atomic mass is 16.6. The predicted octanol–water partition coefficient (Wildman–Crippen LogP) is 2.45. The van der Waals surface area contributed by atoms with Crippen LogP contribution < -0.4 is 10.1 Å². The molecule has 0 aromatic heterocycles. The smallest absolute Gasteiger partial charge is 0.410 e. The lowest BCUT2D eigenvalue weighted by atomic mass is 10.0. The molecule has 0 aliphatic carbocycles. The number of amides is 1. The third kappa shape index (κ3) is 4.63. The van der Waals surface area contributed by atoms with Gasteiger partial charge in [-0.1, -0.05) is 12.1 Å². The van der Waals surface area contributed by atoms with Gasteiger partial charge in [0.15, 0.2) is 0 Å². The minimum atomic E-state index is -0.466. The minimum absolute atomic E-state index is 0.108. The number of carbonyl (C=O) groups excluding carboxylic acids is 1. The number of nitrogens with one attached hydrogen (secondary N) is 1. The molecule has 2 rings (SSSR count). The molecule has 5 nitrogen and oxygen atoms in total. The molecule has 1 saturated heterocycles. The molecule has 1 aliphatic heterocycles. The van der Waals surface area contributed by atoms with Crippen LogP contribution >= 0.6 is 0 Å². The first-order chi connectivity index (χ1) is 10.4. The standard InChI is InChI=1S/C17H26N2O3/c1-17(2,3)22-16(20)19-10-9-18-12-14(19)11-13-5-7-15(21-4)8-6-13/h5-8,14,18H,9-12H2,1-4H3/t14-/m1/s1. The van der Waals surface area contributed by atoms with Gasteiger partial charge in [-0.3, -0.25) is 0 Å². The normalized spacial score (nSPS) is 18.9. The van der Waals surface area contributed by atoms with Gasteiger partial charge >= 0.3 is 6.09 Å². The molecule has 0 radical (unpaired) electrons. The summed E-state index contributed by atoms with van der Waals surface area (Å²) in [5.41, 5.74) is 0.718. The average Bonchev–Trinajstić information content (AvgIpc) is 2.47. The van der Waals surface area contributed by atoms with Crippen LogP contribution in [0.3, 0.4) is 0 Å². The van der Waals surface area contributed by atoms with Gasteiger partial charge in [-0.2, -0.15) is 0 Å². The molecule has 0 bridgehead atoms. The number of hydrogen-bond donors (Lipinski definition) is 1. The summed E-state index contributed by atoms with van der Waals surface area (Å²) in [4.78, 5) is 14.2. The van der Waals surface area contributed by atoms with Crippen molar-refractivity contribution in [1.29, 1.82) is 0 Å². The van der Waals surface area contributed by atoms with E-state index in [0.29, 0.717) is 6.54 Å². The lowest BCUT2D eigenvalue weighted by Crippen LogP contribution is -2.55. The zero-order chi connectivity index (χ0) is 16.2. The highest BCUT2D eigenvalue weighted by Gasteiger charge is 2.30. The Hall–Kier alpha value is -1.75. The lowest BCUT2D eigenvalue weighted by molar-refractivity contribution is 0.0122. The van der Waals surface area contributed by atoms with Crippen LogP contribution in [0, 0.1) is 0 Å². The first kappa shape index (κ1) is 16.6. The molecule has 1 aliphatic rings. The third-order valence-electron chi connectivity index (χ3n) is 3.61. The van der Waals surface area contributed by atoms with E-state index in [9.17, 15) is 4.79 Å². The second kappa shape index (κ2) is 7.01. The van der Waals surface area contributed by atoms with Gasteiger partial charge in [0.2, 0.25) is 0 Å². The fraction of sp³-hybridized carbons (Fsp3) is 0.588. The highest BCUT2D eigenvalue weighted by Crippen LogP contribution is 2.18. The van der Waals surface area contributed by atoms with Gasteiger partial charge in [-0.25, -0.2) is 4.79 Å². The quantitative estimate of drug-likeness (QED) is 0.932. The van der Waals surface area contributed by atoms with Crippen LogP contribution in [0.25, 0.3) is 0 Å². The summed E-state index contributed by atoms with van der Waals surface area (Å²) >= 11 is 0. The first-order valence-corrected chi connectivity index (χ1v) is 7.72. The van der Waals surface area contributed by atoms with Crippen LogP contribution in [0.1, 0.15) is 26.3 Å². The summed E-state index contributed by atoms with van der Waals surface area (Å²) in [6, 6.07) is 8.09. The number of carbonyl (C=O) groups is 1. The summed E-state index contributed by atoms with van der Waals surface area (Å²) in [6.45, 7) is 7.95. The van der Waals surface area contributed by atoms with Crippen molar-refractivity contribution < 1.29 is 14.3 Å². The zero-order valence-corrected chi connectivity index (χ0v) is 13.9. The van der Waals surface area contributed by atoms with Gasteiger partial charge in [-0.15, -0.1) is 0 Å².